The molecule has 3 heterocycles. The van der Waals surface area contributed by atoms with Gasteiger partial charge in [0.15, 0.2) is 0 Å². The number of carbonyl (C=O) groups is 1. The van der Waals surface area contributed by atoms with Crippen molar-refractivity contribution in [2.45, 2.75) is 19.3 Å². The molecule has 4 rings (SSSR count). The summed E-state index contributed by atoms with van der Waals surface area (Å²) in [6.07, 6.45) is 0. The first-order valence-electron chi connectivity index (χ1n) is 6.58. The maximum absolute atomic E-state index is 12.0. The maximum Gasteiger partial charge on any atom is 0.234 e. The predicted molar refractivity (Wildman–Crippen MR) is 83.3 cm³/mol. The van der Waals surface area contributed by atoms with Crippen molar-refractivity contribution in [3.8, 4) is 10.6 Å². The molecule has 1 aromatic carbocycles. The predicted octanol–water partition coefficient (Wildman–Crippen LogP) is 4.13. The van der Waals surface area contributed by atoms with Crippen molar-refractivity contribution in [2.24, 2.45) is 0 Å². The first-order chi connectivity index (χ1) is 9.55. The van der Waals surface area contributed by atoms with Crippen LogP contribution in [0, 0.1) is 0 Å². The van der Waals surface area contributed by atoms with E-state index in [9.17, 15) is 4.79 Å². The highest BCUT2D eigenvalue weighted by atomic mass is 32.1. The summed E-state index contributed by atoms with van der Waals surface area (Å²) in [6.45, 7) is 3.93. The zero-order chi connectivity index (χ0) is 13.9. The number of rotatable bonds is 1. The number of carbonyl (C=O) groups excluding carboxylic acids is 1. The zero-order valence-electron chi connectivity index (χ0n) is 11.3. The maximum atomic E-state index is 12.0. The van der Waals surface area contributed by atoms with Crippen LogP contribution in [0.25, 0.3) is 21.5 Å². The number of amides is 1. The van der Waals surface area contributed by atoms with Crippen LogP contribution in [0.15, 0.2) is 35.7 Å². The number of H-pyrrole nitrogens is 1. The smallest absolute Gasteiger partial charge is 0.234 e. The zero-order valence-corrected chi connectivity index (χ0v) is 12.1. The van der Waals surface area contributed by atoms with E-state index >= 15 is 0 Å². The Morgan fingerprint density at radius 3 is 2.80 bits per heavy atom. The summed E-state index contributed by atoms with van der Waals surface area (Å²) in [5.74, 6) is 0.0682. The molecule has 0 bridgehead atoms. The minimum absolute atomic E-state index is 0.0682. The van der Waals surface area contributed by atoms with Crippen LogP contribution >= 0.6 is 11.3 Å². The number of benzene rings is 1. The van der Waals surface area contributed by atoms with Gasteiger partial charge in [-0.25, -0.2) is 0 Å². The molecule has 0 spiro atoms. The summed E-state index contributed by atoms with van der Waals surface area (Å²) < 4.78 is 0. The Balaban J connectivity index is 1.93. The van der Waals surface area contributed by atoms with Crippen LogP contribution in [0.4, 0.5) is 5.69 Å². The number of hydrogen-bond donors (Lipinski definition) is 2. The third kappa shape index (κ3) is 1.48. The van der Waals surface area contributed by atoms with Crippen LogP contribution in [0.5, 0.6) is 0 Å². The average Bonchev–Trinajstić information content (AvgIpc) is 3.08. The first-order valence-corrected chi connectivity index (χ1v) is 7.46. The largest absolute Gasteiger partial charge is 0.354 e. The lowest BCUT2D eigenvalue weighted by molar-refractivity contribution is -0.119. The fourth-order valence-corrected chi connectivity index (χ4v) is 3.46. The number of thiophene rings is 1. The molecule has 0 atom stereocenters. The lowest BCUT2D eigenvalue weighted by Crippen LogP contribution is -2.26. The van der Waals surface area contributed by atoms with Gasteiger partial charge in [-0.1, -0.05) is 6.07 Å². The quantitative estimate of drug-likeness (QED) is 0.692. The van der Waals surface area contributed by atoms with Crippen molar-refractivity contribution in [3.05, 3.63) is 41.3 Å². The Morgan fingerprint density at radius 1 is 1.20 bits per heavy atom. The van der Waals surface area contributed by atoms with Crippen LogP contribution in [0.3, 0.4) is 0 Å². The van der Waals surface area contributed by atoms with E-state index in [0.29, 0.717) is 0 Å². The van der Waals surface area contributed by atoms with Gasteiger partial charge < -0.3 is 10.3 Å². The Labute approximate surface area is 120 Å². The van der Waals surface area contributed by atoms with Crippen LogP contribution in [0.1, 0.15) is 19.4 Å². The van der Waals surface area contributed by atoms with Crippen molar-refractivity contribution in [2.75, 3.05) is 5.32 Å². The van der Waals surface area contributed by atoms with Crippen molar-refractivity contribution >= 4 is 33.8 Å². The highest BCUT2D eigenvalue weighted by Gasteiger charge is 2.38. The number of aromatic amines is 1. The topological polar surface area (TPSA) is 44.9 Å². The molecule has 1 aliphatic heterocycles. The molecule has 4 heteroatoms. The number of nitrogens with one attached hydrogen (secondary N) is 2. The van der Waals surface area contributed by atoms with Gasteiger partial charge in [-0.15, -0.1) is 11.3 Å². The monoisotopic (exact) mass is 282 g/mol. The molecule has 0 aliphatic carbocycles. The minimum Gasteiger partial charge on any atom is -0.354 e. The second-order valence-corrected chi connectivity index (χ2v) is 6.67. The minimum atomic E-state index is -0.454. The van der Waals surface area contributed by atoms with E-state index in [-0.39, 0.29) is 5.91 Å². The molecule has 0 fully saturated rings. The SMILES string of the molecule is CC1(C)C(=O)Nc2cc3[nH]c(-c4cccs4)cc3cc21. The van der Waals surface area contributed by atoms with Crippen LogP contribution < -0.4 is 5.32 Å². The molecule has 20 heavy (non-hydrogen) atoms. The van der Waals surface area contributed by atoms with Crippen molar-refractivity contribution < 1.29 is 4.79 Å². The Bertz CT molecular complexity index is 828. The Hall–Kier alpha value is -2.07. The van der Waals surface area contributed by atoms with E-state index < -0.39 is 5.41 Å². The molecule has 2 N–H and O–H groups in total. The van der Waals surface area contributed by atoms with Gasteiger partial charge >= 0.3 is 0 Å². The molecule has 3 nitrogen and oxygen atoms in total. The summed E-state index contributed by atoms with van der Waals surface area (Å²) >= 11 is 1.72. The van der Waals surface area contributed by atoms with Gasteiger partial charge in [0, 0.05) is 16.6 Å². The second kappa shape index (κ2) is 3.73. The van der Waals surface area contributed by atoms with Gasteiger partial charge in [0.2, 0.25) is 5.91 Å². The number of anilines is 1. The highest BCUT2D eigenvalue weighted by Crippen LogP contribution is 2.40. The third-order valence-electron chi connectivity index (χ3n) is 4.03. The van der Waals surface area contributed by atoms with Gasteiger partial charge in [-0.05, 0) is 49.1 Å². The van der Waals surface area contributed by atoms with Crippen molar-refractivity contribution in [1.29, 1.82) is 0 Å². The van der Waals surface area contributed by atoms with Crippen molar-refractivity contribution in [3.63, 3.8) is 0 Å². The van der Waals surface area contributed by atoms with Crippen LogP contribution in [-0.2, 0) is 10.2 Å². The summed E-state index contributed by atoms with van der Waals surface area (Å²) in [7, 11) is 0. The number of fused-ring (bicyclic) bond motifs is 2. The van der Waals surface area contributed by atoms with Crippen molar-refractivity contribution in [1.82, 2.24) is 4.98 Å². The number of aromatic nitrogens is 1. The highest BCUT2D eigenvalue weighted by molar-refractivity contribution is 7.13. The summed E-state index contributed by atoms with van der Waals surface area (Å²) in [5, 5.41) is 6.19. The molecule has 0 unspecified atom stereocenters. The molecule has 0 saturated heterocycles. The van der Waals surface area contributed by atoms with E-state index in [2.05, 4.69) is 39.9 Å². The number of hydrogen-bond acceptors (Lipinski definition) is 2. The van der Waals surface area contributed by atoms with Gasteiger partial charge in [0.05, 0.1) is 16.0 Å². The molecule has 3 aromatic rings. The van der Waals surface area contributed by atoms with Crippen LogP contribution in [0.2, 0.25) is 0 Å². The molecule has 1 aliphatic rings. The first kappa shape index (κ1) is 11.7. The van der Waals surface area contributed by atoms with E-state index in [1.54, 1.807) is 11.3 Å². The molecule has 100 valence electrons. The van der Waals surface area contributed by atoms with E-state index in [1.807, 2.05) is 19.9 Å². The fraction of sp³-hybridized carbons (Fsp3) is 0.188. The van der Waals surface area contributed by atoms with Gasteiger partial charge in [0.1, 0.15) is 0 Å². The second-order valence-electron chi connectivity index (χ2n) is 5.72. The molecule has 0 radical (unpaired) electrons. The Morgan fingerprint density at radius 2 is 2.05 bits per heavy atom. The Kier molecular flexibility index (Phi) is 2.19. The standard InChI is InChI=1S/C16H14N2OS/c1-16(2)10-6-9-7-13(14-4-3-5-20-14)17-11(9)8-12(10)18-15(16)19/h3-8,17H,1-2H3,(H,18,19). The van der Waals surface area contributed by atoms with E-state index in [0.717, 1.165) is 27.8 Å². The third-order valence-corrected chi connectivity index (χ3v) is 4.94. The van der Waals surface area contributed by atoms with E-state index in [1.165, 1.54) is 4.88 Å². The average molecular weight is 282 g/mol. The summed E-state index contributed by atoms with van der Waals surface area (Å²) in [4.78, 5) is 16.6. The van der Waals surface area contributed by atoms with E-state index in [4.69, 9.17) is 0 Å². The van der Waals surface area contributed by atoms with Gasteiger partial charge in [-0.3, -0.25) is 4.79 Å². The normalized spacial score (nSPS) is 16.4. The molecular formula is C16H14N2OS. The molecule has 1 amide bonds. The van der Waals surface area contributed by atoms with Gasteiger partial charge in [-0.2, -0.15) is 0 Å². The fourth-order valence-electron chi connectivity index (χ4n) is 2.77. The molecule has 2 aromatic heterocycles. The lowest BCUT2D eigenvalue weighted by atomic mass is 9.86. The van der Waals surface area contributed by atoms with Crippen LogP contribution in [-0.4, -0.2) is 10.9 Å². The molecule has 0 saturated carbocycles. The summed E-state index contributed by atoms with van der Waals surface area (Å²) in [5.41, 5.74) is 3.73. The van der Waals surface area contributed by atoms with Gasteiger partial charge in [0.25, 0.3) is 0 Å². The summed E-state index contributed by atoms with van der Waals surface area (Å²) in [6, 6.07) is 10.5. The lowest BCUT2D eigenvalue weighted by Gasteiger charge is -2.14. The molecular weight excluding hydrogens is 268 g/mol.